The summed E-state index contributed by atoms with van der Waals surface area (Å²) in [5.41, 5.74) is 0.519. The molecule has 2 aromatic carbocycles. The van der Waals surface area contributed by atoms with E-state index in [-0.39, 0.29) is 21.2 Å². The van der Waals surface area contributed by atoms with Gasteiger partial charge in [-0.1, -0.05) is 29.8 Å². The third-order valence-corrected chi connectivity index (χ3v) is 4.17. The Hall–Kier alpha value is -1.85. The predicted molar refractivity (Wildman–Crippen MR) is 74.1 cm³/mol. The van der Waals surface area contributed by atoms with E-state index in [0.717, 1.165) is 0 Å². The van der Waals surface area contributed by atoms with Crippen LogP contribution in [0.2, 0.25) is 5.02 Å². The monoisotopic (exact) mass is 295 g/mol. The molecule has 0 aliphatic heterocycles. The minimum atomic E-state index is -3.66. The number of carbonyl (C=O) groups is 1. The fraction of sp³-hybridized carbons (Fsp3) is 0. The zero-order chi connectivity index (χ0) is 13.9. The highest BCUT2D eigenvalue weighted by atomic mass is 35.5. The molecular formula is C13H10ClNO3S. The van der Waals surface area contributed by atoms with Crippen LogP contribution in [0.1, 0.15) is 10.4 Å². The zero-order valence-corrected chi connectivity index (χ0v) is 11.3. The number of hydrogen-bond donors (Lipinski definition) is 1. The molecule has 0 saturated carbocycles. The van der Waals surface area contributed by atoms with Crippen molar-refractivity contribution in [2.45, 2.75) is 4.90 Å². The van der Waals surface area contributed by atoms with Crippen LogP contribution in [0.3, 0.4) is 0 Å². The van der Waals surface area contributed by atoms with Crippen LogP contribution < -0.4 is 4.72 Å². The van der Waals surface area contributed by atoms with Gasteiger partial charge in [-0.25, -0.2) is 8.42 Å². The molecule has 0 radical (unpaired) electrons. The predicted octanol–water partition coefficient (Wildman–Crippen LogP) is 2.95. The van der Waals surface area contributed by atoms with Gasteiger partial charge >= 0.3 is 0 Å². The van der Waals surface area contributed by atoms with Crippen molar-refractivity contribution < 1.29 is 13.2 Å². The molecule has 0 aliphatic carbocycles. The number of halogens is 1. The molecule has 0 aromatic heterocycles. The van der Waals surface area contributed by atoms with Crippen LogP contribution in [0.25, 0.3) is 0 Å². The Morgan fingerprint density at radius 2 is 1.74 bits per heavy atom. The molecule has 4 nitrogen and oxygen atoms in total. The number of aldehydes is 1. The maximum Gasteiger partial charge on any atom is 0.261 e. The van der Waals surface area contributed by atoms with Gasteiger partial charge in [-0.15, -0.1) is 0 Å². The first-order chi connectivity index (χ1) is 9.03. The molecule has 0 aliphatic rings. The first-order valence-electron chi connectivity index (χ1n) is 5.35. The maximum atomic E-state index is 12.1. The average Bonchev–Trinajstić information content (AvgIpc) is 2.42. The number of benzene rings is 2. The molecular weight excluding hydrogens is 286 g/mol. The maximum absolute atomic E-state index is 12.1. The van der Waals surface area contributed by atoms with Crippen molar-refractivity contribution in [3.8, 4) is 0 Å². The van der Waals surface area contributed by atoms with E-state index in [2.05, 4.69) is 4.72 Å². The third kappa shape index (κ3) is 3.13. The van der Waals surface area contributed by atoms with Gasteiger partial charge in [0.15, 0.2) is 6.29 Å². The van der Waals surface area contributed by atoms with Crippen molar-refractivity contribution in [3.63, 3.8) is 0 Å². The number of rotatable bonds is 4. The van der Waals surface area contributed by atoms with E-state index in [1.807, 2.05) is 0 Å². The van der Waals surface area contributed by atoms with Crippen LogP contribution in [0.4, 0.5) is 5.69 Å². The summed E-state index contributed by atoms with van der Waals surface area (Å²) in [6.45, 7) is 0. The highest BCUT2D eigenvalue weighted by molar-refractivity contribution is 7.92. The van der Waals surface area contributed by atoms with Gasteiger partial charge in [0.25, 0.3) is 10.0 Å². The van der Waals surface area contributed by atoms with Gasteiger partial charge in [0, 0.05) is 11.3 Å². The lowest BCUT2D eigenvalue weighted by Gasteiger charge is -2.08. The molecule has 0 fully saturated rings. The normalized spacial score (nSPS) is 11.0. The van der Waals surface area contributed by atoms with E-state index in [1.54, 1.807) is 18.2 Å². The highest BCUT2D eigenvalue weighted by Crippen LogP contribution is 2.21. The van der Waals surface area contributed by atoms with Crippen molar-refractivity contribution >= 4 is 33.6 Å². The van der Waals surface area contributed by atoms with Crippen LogP contribution in [0, 0.1) is 0 Å². The van der Waals surface area contributed by atoms with E-state index in [1.165, 1.54) is 30.3 Å². The standard InChI is InChI=1S/C13H10ClNO3S/c14-13-7-6-11(8-10(13)9-16)15-19(17,18)12-4-2-1-3-5-12/h1-9,15H. The van der Waals surface area contributed by atoms with E-state index >= 15 is 0 Å². The molecule has 2 aromatic rings. The Morgan fingerprint density at radius 3 is 2.37 bits per heavy atom. The number of carbonyl (C=O) groups excluding carboxylic acids is 1. The van der Waals surface area contributed by atoms with Crippen molar-refractivity contribution in [1.82, 2.24) is 0 Å². The third-order valence-electron chi connectivity index (χ3n) is 2.43. The fourth-order valence-electron chi connectivity index (χ4n) is 1.51. The summed E-state index contributed by atoms with van der Waals surface area (Å²) < 4.78 is 26.5. The Morgan fingerprint density at radius 1 is 1.05 bits per heavy atom. The first kappa shape index (κ1) is 13.6. The van der Waals surface area contributed by atoms with Gasteiger partial charge in [0.2, 0.25) is 0 Å². The Labute approximate surface area is 116 Å². The van der Waals surface area contributed by atoms with Gasteiger partial charge in [-0.2, -0.15) is 0 Å². The number of anilines is 1. The number of nitrogens with one attached hydrogen (secondary N) is 1. The summed E-state index contributed by atoms with van der Waals surface area (Å²) >= 11 is 5.78. The summed E-state index contributed by atoms with van der Waals surface area (Å²) in [6, 6.07) is 12.3. The molecule has 0 atom stereocenters. The van der Waals surface area contributed by atoms with Gasteiger partial charge in [-0.3, -0.25) is 9.52 Å². The lowest BCUT2D eigenvalue weighted by Crippen LogP contribution is -2.12. The molecule has 98 valence electrons. The Bertz CT molecular complexity index is 699. The topological polar surface area (TPSA) is 63.2 Å². The summed E-state index contributed by atoms with van der Waals surface area (Å²) in [7, 11) is -3.66. The van der Waals surface area contributed by atoms with E-state index in [0.29, 0.717) is 6.29 Å². The lowest BCUT2D eigenvalue weighted by molar-refractivity contribution is 0.112. The molecule has 0 unspecified atom stereocenters. The molecule has 0 heterocycles. The number of sulfonamides is 1. The van der Waals surface area contributed by atoms with Gasteiger partial charge in [0.05, 0.1) is 9.92 Å². The quantitative estimate of drug-likeness (QED) is 0.882. The zero-order valence-electron chi connectivity index (χ0n) is 9.71. The molecule has 0 spiro atoms. The molecule has 0 amide bonds. The smallest absolute Gasteiger partial charge is 0.261 e. The second kappa shape index (κ2) is 5.42. The Balaban J connectivity index is 2.33. The van der Waals surface area contributed by atoms with Crippen LogP contribution in [-0.2, 0) is 10.0 Å². The van der Waals surface area contributed by atoms with Gasteiger partial charge < -0.3 is 0 Å². The minimum Gasteiger partial charge on any atom is -0.298 e. The second-order valence-electron chi connectivity index (χ2n) is 3.77. The molecule has 2 rings (SSSR count). The average molecular weight is 296 g/mol. The van der Waals surface area contributed by atoms with Crippen molar-refractivity contribution in [3.05, 3.63) is 59.1 Å². The molecule has 0 bridgehead atoms. The van der Waals surface area contributed by atoms with Gasteiger partial charge in [-0.05, 0) is 30.3 Å². The van der Waals surface area contributed by atoms with E-state index in [4.69, 9.17) is 11.6 Å². The number of hydrogen-bond acceptors (Lipinski definition) is 3. The largest absolute Gasteiger partial charge is 0.298 e. The summed E-state index contributed by atoms with van der Waals surface area (Å²) in [6.07, 6.45) is 0.572. The minimum absolute atomic E-state index is 0.151. The van der Waals surface area contributed by atoms with Crippen LogP contribution >= 0.6 is 11.6 Å². The summed E-state index contributed by atoms with van der Waals surface area (Å²) in [4.78, 5) is 10.9. The van der Waals surface area contributed by atoms with Crippen molar-refractivity contribution in [1.29, 1.82) is 0 Å². The lowest BCUT2D eigenvalue weighted by atomic mass is 10.2. The highest BCUT2D eigenvalue weighted by Gasteiger charge is 2.13. The van der Waals surface area contributed by atoms with Gasteiger partial charge in [0.1, 0.15) is 0 Å². The molecule has 6 heteroatoms. The molecule has 0 saturated heterocycles. The van der Waals surface area contributed by atoms with E-state index in [9.17, 15) is 13.2 Å². The Kier molecular flexibility index (Phi) is 3.87. The molecule has 19 heavy (non-hydrogen) atoms. The van der Waals surface area contributed by atoms with Crippen LogP contribution in [0.5, 0.6) is 0 Å². The van der Waals surface area contributed by atoms with Crippen molar-refractivity contribution in [2.75, 3.05) is 4.72 Å². The SMILES string of the molecule is O=Cc1cc(NS(=O)(=O)c2ccccc2)ccc1Cl. The van der Waals surface area contributed by atoms with Crippen LogP contribution in [0.15, 0.2) is 53.4 Å². The van der Waals surface area contributed by atoms with E-state index < -0.39 is 10.0 Å². The summed E-state index contributed by atoms with van der Waals surface area (Å²) in [5.74, 6) is 0. The summed E-state index contributed by atoms with van der Waals surface area (Å²) in [5, 5.41) is 0.276. The molecule has 1 N–H and O–H groups in total. The second-order valence-corrected chi connectivity index (χ2v) is 5.86. The first-order valence-corrected chi connectivity index (χ1v) is 7.21. The van der Waals surface area contributed by atoms with Crippen molar-refractivity contribution in [2.24, 2.45) is 0 Å². The fourth-order valence-corrected chi connectivity index (χ4v) is 2.74. The van der Waals surface area contributed by atoms with Crippen LogP contribution in [-0.4, -0.2) is 14.7 Å².